The summed E-state index contributed by atoms with van der Waals surface area (Å²) in [6, 6.07) is 0. The highest BCUT2D eigenvalue weighted by Gasteiger charge is 2.36. The first-order valence-corrected chi connectivity index (χ1v) is 28.7. The normalized spacial score (nSPS) is 13.9. The van der Waals surface area contributed by atoms with E-state index in [2.05, 4.69) is 20.8 Å². The summed E-state index contributed by atoms with van der Waals surface area (Å²) in [5.74, 6) is 0. The number of nitrogens with zero attached hydrogens (tertiary/aromatic N) is 1. The number of rotatable bonds is 53. The molecule has 1 saturated heterocycles. The first-order chi connectivity index (χ1) is 29.3. The van der Waals surface area contributed by atoms with Crippen LogP contribution in [0.3, 0.4) is 0 Å². The van der Waals surface area contributed by atoms with E-state index in [9.17, 15) is 0 Å². The summed E-state index contributed by atoms with van der Waals surface area (Å²) < 4.78 is 7.34. The van der Waals surface area contributed by atoms with Gasteiger partial charge in [0.05, 0.1) is 26.2 Å². The van der Waals surface area contributed by atoms with Crippen LogP contribution in [0.2, 0.25) is 0 Å². The van der Waals surface area contributed by atoms with Gasteiger partial charge >= 0.3 is 0 Å². The van der Waals surface area contributed by atoms with E-state index in [0.29, 0.717) is 6.10 Å². The largest absolute Gasteiger partial charge is 1.00 e. The van der Waals surface area contributed by atoms with Crippen molar-refractivity contribution in [2.24, 2.45) is 0 Å². The molecule has 0 aliphatic carbocycles. The molecule has 1 unspecified atom stereocenters. The first-order valence-electron chi connectivity index (χ1n) is 28.7. The van der Waals surface area contributed by atoms with E-state index in [1.807, 2.05) is 0 Å². The van der Waals surface area contributed by atoms with Crippen LogP contribution >= 0.6 is 0 Å². The molecule has 1 rings (SSSR count). The number of halogens is 1. The van der Waals surface area contributed by atoms with Crippen LogP contribution in [-0.4, -0.2) is 43.4 Å². The summed E-state index contributed by atoms with van der Waals surface area (Å²) in [7, 11) is 0. The molecule has 2 nitrogen and oxygen atoms in total. The lowest BCUT2D eigenvalue weighted by atomic mass is 10.0. The lowest BCUT2D eigenvalue weighted by Crippen LogP contribution is -3.00. The van der Waals surface area contributed by atoms with Gasteiger partial charge in [-0.1, -0.05) is 290 Å². The van der Waals surface area contributed by atoms with E-state index < -0.39 is 0 Å². The Hall–Kier alpha value is 0.210. The monoisotopic (exact) mass is 866 g/mol. The van der Waals surface area contributed by atoms with Gasteiger partial charge in [0, 0.05) is 0 Å². The average molecular weight is 867 g/mol. The fourth-order valence-corrected chi connectivity index (χ4v) is 10.2. The van der Waals surface area contributed by atoms with Gasteiger partial charge in [0.2, 0.25) is 0 Å². The summed E-state index contributed by atoms with van der Waals surface area (Å²) in [4.78, 5) is 0. The van der Waals surface area contributed by atoms with Crippen LogP contribution < -0.4 is 12.4 Å². The van der Waals surface area contributed by atoms with E-state index in [-0.39, 0.29) is 12.4 Å². The Morgan fingerprint density at radius 2 is 0.417 bits per heavy atom. The molecule has 1 atom stereocenters. The number of epoxide rings is 1. The molecule has 0 N–H and O–H groups in total. The predicted octanol–water partition coefficient (Wildman–Crippen LogP) is 17.0. The van der Waals surface area contributed by atoms with Crippen LogP contribution in [0.4, 0.5) is 0 Å². The number of ether oxygens (including phenoxy) is 1. The molecule has 0 bridgehead atoms. The Morgan fingerprint density at radius 1 is 0.267 bits per heavy atom. The molecule has 0 aromatic carbocycles. The Labute approximate surface area is 387 Å². The third-order valence-electron chi connectivity index (χ3n) is 14.5. The van der Waals surface area contributed by atoms with Crippen molar-refractivity contribution in [2.45, 2.75) is 335 Å². The predicted molar refractivity (Wildman–Crippen MR) is 268 cm³/mol. The molecule has 0 aromatic heterocycles. The second kappa shape index (κ2) is 50.2. The van der Waals surface area contributed by atoms with Crippen molar-refractivity contribution in [3.63, 3.8) is 0 Å². The van der Waals surface area contributed by atoms with Gasteiger partial charge in [-0.3, -0.25) is 0 Å². The molecule has 362 valence electrons. The van der Waals surface area contributed by atoms with Gasteiger partial charge in [-0.2, -0.15) is 0 Å². The number of quaternary nitrogens is 1. The van der Waals surface area contributed by atoms with E-state index in [1.54, 1.807) is 0 Å². The molecule has 0 aromatic rings. The lowest BCUT2D eigenvalue weighted by Gasteiger charge is -2.39. The minimum absolute atomic E-state index is 0. The van der Waals surface area contributed by atoms with Crippen molar-refractivity contribution in [1.82, 2.24) is 0 Å². The second-order valence-corrected chi connectivity index (χ2v) is 20.6. The van der Waals surface area contributed by atoms with Crippen molar-refractivity contribution < 1.29 is 21.6 Å². The van der Waals surface area contributed by atoms with Gasteiger partial charge in [-0.15, -0.1) is 0 Å². The topological polar surface area (TPSA) is 12.5 Å². The number of hydrogen-bond acceptors (Lipinski definition) is 1. The third-order valence-corrected chi connectivity index (χ3v) is 14.5. The van der Waals surface area contributed by atoms with E-state index in [4.69, 9.17) is 4.74 Å². The number of unbranched alkanes of at least 4 members (excludes halogenated alkanes) is 45. The SMILES string of the molecule is CCCCCCCCCCCCCCCCCC[N+](CCCCCCCCCCCCCCCCCC)(CCCCCCCCCCCCCCCCCC)CC1CO1.[Cl-]. The molecule has 0 radical (unpaired) electrons. The zero-order chi connectivity index (χ0) is 42.3. The molecule has 0 spiro atoms. The van der Waals surface area contributed by atoms with Crippen molar-refractivity contribution in [2.75, 3.05) is 32.8 Å². The molecule has 0 saturated carbocycles. The van der Waals surface area contributed by atoms with Crippen LogP contribution in [0.15, 0.2) is 0 Å². The van der Waals surface area contributed by atoms with Gasteiger partial charge in [-0.05, 0) is 38.5 Å². The zero-order valence-corrected chi connectivity index (χ0v) is 43.0. The minimum atomic E-state index is 0. The van der Waals surface area contributed by atoms with Crippen molar-refractivity contribution in [3.05, 3.63) is 0 Å². The summed E-state index contributed by atoms with van der Waals surface area (Å²) in [5, 5.41) is 0. The number of hydrogen-bond donors (Lipinski definition) is 0. The van der Waals surface area contributed by atoms with Crippen molar-refractivity contribution >= 4 is 0 Å². The average Bonchev–Trinajstić information content (AvgIpc) is 4.07. The van der Waals surface area contributed by atoms with Gasteiger partial charge in [0.15, 0.2) is 0 Å². The summed E-state index contributed by atoms with van der Waals surface area (Å²) >= 11 is 0. The Morgan fingerprint density at radius 3 is 0.567 bits per heavy atom. The highest BCUT2D eigenvalue weighted by molar-refractivity contribution is 4.70. The van der Waals surface area contributed by atoms with Crippen molar-refractivity contribution in [1.29, 1.82) is 0 Å². The summed E-state index contributed by atoms with van der Waals surface area (Å²) in [5.41, 5.74) is 0. The second-order valence-electron chi connectivity index (χ2n) is 20.6. The quantitative estimate of drug-likeness (QED) is 0.0337. The fraction of sp³-hybridized carbons (Fsp3) is 1.00. The molecule has 3 heteroatoms. The Bertz CT molecular complexity index is 681. The molecule has 1 fully saturated rings. The van der Waals surface area contributed by atoms with Gasteiger partial charge in [-0.25, -0.2) is 0 Å². The third kappa shape index (κ3) is 44.8. The molecular weight excluding hydrogens is 750 g/mol. The Kier molecular flexibility index (Phi) is 50.4. The van der Waals surface area contributed by atoms with E-state index >= 15 is 0 Å². The smallest absolute Gasteiger partial charge is 0.130 e. The maximum absolute atomic E-state index is 5.95. The van der Waals surface area contributed by atoms with Crippen LogP contribution in [0.5, 0.6) is 0 Å². The van der Waals surface area contributed by atoms with Gasteiger partial charge in [0.25, 0.3) is 0 Å². The summed E-state index contributed by atoms with van der Waals surface area (Å²) in [6.07, 6.45) is 70.9. The highest BCUT2D eigenvalue weighted by Crippen LogP contribution is 2.24. The standard InChI is InChI=1S/C57H116NO.ClH/c1-4-7-10-13-16-19-22-25-28-31-34-37-40-43-46-49-52-58(55-57-56-59-57,53-50-47-44-41-38-35-32-29-26-23-20-17-14-11-8-5-2)54-51-48-45-42-39-36-33-30-27-24-21-18-15-12-9-6-3;/h57H,4-56H2,1-3H3;1H/q+1;/p-1. The molecule has 0 amide bonds. The van der Waals surface area contributed by atoms with Crippen LogP contribution in [-0.2, 0) is 4.74 Å². The molecule has 1 aliphatic heterocycles. The maximum Gasteiger partial charge on any atom is 0.130 e. The first kappa shape index (κ1) is 60.2. The lowest BCUT2D eigenvalue weighted by molar-refractivity contribution is -0.929. The van der Waals surface area contributed by atoms with Crippen LogP contribution in [0, 0.1) is 0 Å². The van der Waals surface area contributed by atoms with E-state index in [1.165, 1.54) is 339 Å². The van der Waals surface area contributed by atoms with Crippen LogP contribution in [0.1, 0.15) is 329 Å². The summed E-state index contributed by atoms with van der Waals surface area (Å²) in [6.45, 7) is 13.6. The highest BCUT2D eigenvalue weighted by atomic mass is 35.5. The van der Waals surface area contributed by atoms with Gasteiger partial charge in [0.1, 0.15) is 12.6 Å². The van der Waals surface area contributed by atoms with E-state index in [0.717, 1.165) is 6.61 Å². The van der Waals surface area contributed by atoms with Crippen LogP contribution in [0.25, 0.3) is 0 Å². The molecular formula is C57H116ClNO. The molecule has 1 heterocycles. The minimum Gasteiger partial charge on any atom is -1.00 e. The van der Waals surface area contributed by atoms with Crippen molar-refractivity contribution in [3.8, 4) is 0 Å². The Balaban J connectivity index is 0.0000348. The fourth-order valence-electron chi connectivity index (χ4n) is 10.2. The zero-order valence-electron chi connectivity index (χ0n) is 42.3. The maximum atomic E-state index is 5.95. The van der Waals surface area contributed by atoms with Gasteiger partial charge < -0.3 is 21.6 Å². The molecule has 1 aliphatic rings. The molecule has 60 heavy (non-hydrogen) atoms.